The van der Waals surface area contributed by atoms with E-state index in [0.717, 1.165) is 0 Å². The van der Waals surface area contributed by atoms with Crippen LogP contribution >= 0.6 is 0 Å². The molecule has 0 radical (unpaired) electrons. The van der Waals surface area contributed by atoms with Gasteiger partial charge in [-0.05, 0) is 30.5 Å². The van der Waals surface area contributed by atoms with Crippen molar-refractivity contribution in [3.05, 3.63) is 41.0 Å². The molecule has 0 aromatic heterocycles. The summed E-state index contributed by atoms with van der Waals surface area (Å²) in [6.45, 7) is 4.29. The van der Waals surface area contributed by atoms with E-state index < -0.39 is 11.7 Å². The molecule has 114 valence electrons. The van der Waals surface area contributed by atoms with E-state index in [-0.39, 0.29) is 11.5 Å². The van der Waals surface area contributed by atoms with Crippen molar-refractivity contribution in [3.8, 4) is 0 Å². The summed E-state index contributed by atoms with van der Waals surface area (Å²) in [5.74, 6) is 0.0326. The van der Waals surface area contributed by atoms with Crippen LogP contribution in [0.1, 0.15) is 36.5 Å². The molecular formula is C16H18F3NO. The van der Waals surface area contributed by atoms with Gasteiger partial charge >= 0.3 is 6.18 Å². The van der Waals surface area contributed by atoms with Crippen LogP contribution in [0.4, 0.5) is 13.2 Å². The summed E-state index contributed by atoms with van der Waals surface area (Å²) in [7, 11) is 0. The number of carbonyl (C=O) groups excluding carboxylic acids is 1. The minimum Gasteiger partial charge on any atom is -0.339 e. The summed E-state index contributed by atoms with van der Waals surface area (Å²) in [6, 6.07) is 4.40. The van der Waals surface area contributed by atoms with Gasteiger partial charge in [-0.25, -0.2) is 0 Å². The zero-order chi connectivity index (χ0) is 15.6. The van der Waals surface area contributed by atoms with Crippen molar-refractivity contribution in [2.45, 2.75) is 32.9 Å². The van der Waals surface area contributed by atoms with E-state index in [4.69, 9.17) is 0 Å². The molecule has 0 bridgehead atoms. The van der Waals surface area contributed by atoms with Crippen molar-refractivity contribution in [1.82, 2.24) is 4.90 Å². The Kier molecular flexibility index (Phi) is 4.40. The SMILES string of the molecule is CCC(=O)N1CC=C(c2ccc(C)cc2C(F)(F)F)CC1. The first kappa shape index (κ1) is 15.6. The van der Waals surface area contributed by atoms with E-state index in [2.05, 4.69) is 0 Å². The summed E-state index contributed by atoms with van der Waals surface area (Å²) in [5, 5.41) is 0. The maximum atomic E-state index is 13.2. The van der Waals surface area contributed by atoms with Crippen molar-refractivity contribution in [1.29, 1.82) is 0 Å². The van der Waals surface area contributed by atoms with E-state index in [1.54, 1.807) is 30.9 Å². The normalized spacial score (nSPS) is 15.9. The van der Waals surface area contributed by atoms with Gasteiger partial charge < -0.3 is 4.90 Å². The first-order chi connectivity index (χ1) is 9.82. The highest BCUT2D eigenvalue weighted by atomic mass is 19.4. The molecule has 0 saturated carbocycles. The minimum atomic E-state index is -4.36. The molecule has 1 heterocycles. The number of aryl methyl sites for hydroxylation is 1. The van der Waals surface area contributed by atoms with E-state index in [0.29, 0.717) is 37.1 Å². The molecule has 2 rings (SSSR count). The molecular weight excluding hydrogens is 279 g/mol. The second kappa shape index (κ2) is 5.92. The Morgan fingerprint density at radius 2 is 2.05 bits per heavy atom. The number of amides is 1. The average molecular weight is 297 g/mol. The van der Waals surface area contributed by atoms with Gasteiger partial charge in [0, 0.05) is 19.5 Å². The molecule has 5 heteroatoms. The molecule has 0 aliphatic carbocycles. The molecule has 0 N–H and O–H groups in total. The predicted octanol–water partition coefficient (Wildman–Crippen LogP) is 4.04. The lowest BCUT2D eigenvalue weighted by Crippen LogP contribution is -2.34. The van der Waals surface area contributed by atoms with Crippen LogP contribution < -0.4 is 0 Å². The molecule has 1 amide bonds. The number of rotatable bonds is 2. The number of carbonyl (C=O) groups is 1. The van der Waals surface area contributed by atoms with Gasteiger partial charge in [-0.15, -0.1) is 0 Å². The van der Waals surface area contributed by atoms with Gasteiger partial charge in [0.05, 0.1) is 5.56 Å². The second-order valence-electron chi connectivity index (χ2n) is 5.22. The van der Waals surface area contributed by atoms with Gasteiger partial charge in [0.25, 0.3) is 0 Å². The minimum absolute atomic E-state index is 0.0326. The summed E-state index contributed by atoms with van der Waals surface area (Å²) in [6.07, 6.45) is -1.76. The molecule has 0 saturated heterocycles. The van der Waals surface area contributed by atoms with Crippen molar-refractivity contribution in [2.24, 2.45) is 0 Å². The number of benzene rings is 1. The fraction of sp³-hybridized carbons (Fsp3) is 0.438. The highest BCUT2D eigenvalue weighted by Crippen LogP contribution is 2.37. The Morgan fingerprint density at radius 3 is 2.57 bits per heavy atom. The molecule has 21 heavy (non-hydrogen) atoms. The van der Waals surface area contributed by atoms with E-state index in [9.17, 15) is 18.0 Å². The highest BCUT2D eigenvalue weighted by Gasteiger charge is 2.34. The van der Waals surface area contributed by atoms with E-state index in [1.165, 1.54) is 12.1 Å². The van der Waals surface area contributed by atoms with E-state index >= 15 is 0 Å². The third-order valence-electron chi connectivity index (χ3n) is 3.69. The molecule has 0 spiro atoms. The zero-order valence-corrected chi connectivity index (χ0v) is 12.1. The fourth-order valence-corrected chi connectivity index (χ4v) is 2.54. The van der Waals surface area contributed by atoms with Crippen LogP contribution in [-0.2, 0) is 11.0 Å². The van der Waals surface area contributed by atoms with Gasteiger partial charge in [0.15, 0.2) is 0 Å². The Morgan fingerprint density at radius 1 is 1.33 bits per heavy atom. The summed E-state index contributed by atoms with van der Waals surface area (Å²) in [5.41, 5.74) is 0.897. The molecule has 1 aliphatic heterocycles. The van der Waals surface area contributed by atoms with Crippen LogP contribution in [0.3, 0.4) is 0 Å². The van der Waals surface area contributed by atoms with Crippen LogP contribution in [0.25, 0.3) is 5.57 Å². The van der Waals surface area contributed by atoms with Gasteiger partial charge in [0.1, 0.15) is 0 Å². The fourth-order valence-electron chi connectivity index (χ4n) is 2.54. The van der Waals surface area contributed by atoms with Gasteiger partial charge in [-0.2, -0.15) is 13.2 Å². The van der Waals surface area contributed by atoms with Crippen molar-refractivity contribution >= 4 is 11.5 Å². The van der Waals surface area contributed by atoms with Crippen LogP contribution in [-0.4, -0.2) is 23.9 Å². The van der Waals surface area contributed by atoms with Crippen molar-refractivity contribution in [3.63, 3.8) is 0 Å². The summed E-state index contributed by atoms with van der Waals surface area (Å²) in [4.78, 5) is 13.3. The molecule has 0 fully saturated rings. The number of nitrogens with zero attached hydrogens (tertiary/aromatic N) is 1. The van der Waals surface area contributed by atoms with Crippen LogP contribution in [0.5, 0.6) is 0 Å². The number of hydrogen-bond acceptors (Lipinski definition) is 1. The molecule has 1 aliphatic rings. The van der Waals surface area contributed by atoms with Crippen LogP contribution in [0, 0.1) is 6.92 Å². The molecule has 1 aromatic rings. The third-order valence-corrected chi connectivity index (χ3v) is 3.69. The Labute approximate surface area is 122 Å². The Balaban J connectivity index is 2.32. The van der Waals surface area contributed by atoms with Crippen LogP contribution in [0.2, 0.25) is 0 Å². The maximum Gasteiger partial charge on any atom is 0.417 e. The Hall–Kier alpha value is -1.78. The number of halogens is 3. The van der Waals surface area contributed by atoms with Crippen molar-refractivity contribution < 1.29 is 18.0 Å². The number of hydrogen-bond donors (Lipinski definition) is 0. The lowest BCUT2D eigenvalue weighted by Gasteiger charge is -2.27. The zero-order valence-electron chi connectivity index (χ0n) is 12.1. The quantitative estimate of drug-likeness (QED) is 0.806. The largest absolute Gasteiger partial charge is 0.417 e. The van der Waals surface area contributed by atoms with E-state index in [1.807, 2.05) is 0 Å². The first-order valence-electron chi connectivity index (χ1n) is 6.98. The molecule has 2 nitrogen and oxygen atoms in total. The lowest BCUT2D eigenvalue weighted by molar-refractivity contribution is -0.138. The first-order valence-corrected chi connectivity index (χ1v) is 6.98. The van der Waals surface area contributed by atoms with Gasteiger partial charge in [-0.1, -0.05) is 30.7 Å². The standard InChI is InChI=1S/C16H18F3NO/c1-3-15(21)20-8-6-12(7-9-20)13-5-4-11(2)10-14(13)16(17,18)19/h4-6,10H,3,7-9H2,1-2H3. The highest BCUT2D eigenvalue weighted by molar-refractivity contribution is 5.78. The second-order valence-corrected chi connectivity index (χ2v) is 5.22. The third kappa shape index (κ3) is 3.46. The molecule has 0 unspecified atom stereocenters. The van der Waals surface area contributed by atoms with Crippen molar-refractivity contribution in [2.75, 3.05) is 13.1 Å². The summed E-state index contributed by atoms with van der Waals surface area (Å²) >= 11 is 0. The van der Waals surface area contributed by atoms with Gasteiger partial charge in [0.2, 0.25) is 5.91 Å². The van der Waals surface area contributed by atoms with Gasteiger partial charge in [-0.3, -0.25) is 4.79 Å². The lowest BCUT2D eigenvalue weighted by atomic mass is 9.93. The summed E-state index contributed by atoms with van der Waals surface area (Å²) < 4.78 is 39.5. The van der Waals surface area contributed by atoms with Crippen LogP contribution in [0.15, 0.2) is 24.3 Å². The molecule has 1 aromatic carbocycles. The maximum absolute atomic E-state index is 13.2. The monoisotopic (exact) mass is 297 g/mol. The molecule has 0 atom stereocenters. The Bertz CT molecular complexity index is 575. The number of alkyl halides is 3. The predicted molar refractivity (Wildman–Crippen MR) is 75.6 cm³/mol. The average Bonchev–Trinajstić information content (AvgIpc) is 2.45. The smallest absolute Gasteiger partial charge is 0.339 e. The topological polar surface area (TPSA) is 20.3 Å².